The number of carboxylic acid groups (broad SMARTS) is 1. The number of nitrogens with one attached hydrogen (secondary N) is 1. The number of amides is 1. The minimum atomic E-state index is -3.88. The fourth-order valence-corrected chi connectivity index (χ4v) is 7.30. The minimum absolute atomic E-state index is 0.0404. The highest BCUT2D eigenvalue weighted by atomic mass is 32.2. The van der Waals surface area contributed by atoms with Crippen LogP contribution in [0.3, 0.4) is 0 Å². The van der Waals surface area contributed by atoms with Crippen molar-refractivity contribution in [2.24, 2.45) is 4.99 Å². The summed E-state index contributed by atoms with van der Waals surface area (Å²) >= 11 is 0. The van der Waals surface area contributed by atoms with Gasteiger partial charge in [-0.15, -0.1) is 0 Å². The molecule has 1 saturated heterocycles. The second-order valence-corrected chi connectivity index (χ2v) is 13.1. The zero-order valence-corrected chi connectivity index (χ0v) is 24.9. The van der Waals surface area contributed by atoms with Gasteiger partial charge in [0.05, 0.1) is 4.90 Å². The van der Waals surface area contributed by atoms with E-state index in [9.17, 15) is 27.9 Å². The summed E-state index contributed by atoms with van der Waals surface area (Å²) in [6.45, 7) is 1.15. The number of hydrogen-bond donors (Lipinski definition) is 2. The van der Waals surface area contributed by atoms with E-state index < -0.39 is 34.0 Å². The molecule has 2 aliphatic heterocycles. The Morgan fingerprint density at radius 1 is 0.952 bits per heavy atom. The van der Waals surface area contributed by atoms with Gasteiger partial charge in [0.2, 0.25) is 15.9 Å². The van der Waals surface area contributed by atoms with Crippen LogP contribution in [0.15, 0.2) is 64.5 Å². The Morgan fingerprint density at radius 3 is 2.38 bits per heavy atom. The van der Waals surface area contributed by atoms with Crippen LogP contribution in [0.2, 0.25) is 0 Å². The maximum atomic E-state index is 13.1. The topological polar surface area (TPSA) is 133 Å². The highest BCUT2D eigenvalue weighted by Gasteiger charge is 2.40. The zero-order valence-electron chi connectivity index (χ0n) is 24.0. The van der Waals surface area contributed by atoms with Gasteiger partial charge in [-0.25, -0.2) is 13.2 Å². The van der Waals surface area contributed by atoms with Gasteiger partial charge in [0, 0.05) is 38.1 Å². The van der Waals surface area contributed by atoms with Crippen LogP contribution in [0.5, 0.6) is 0 Å². The van der Waals surface area contributed by atoms with Crippen molar-refractivity contribution in [3.05, 3.63) is 65.7 Å². The lowest BCUT2D eigenvalue weighted by Crippen LogP contribution is -2.51. The van der Waals surface area contributed by atoms with Gasteiger partial charge in [0.15, 0.2) is 0 Å². The first-order valence-corrected chi connectivity index (χ1v) is 16.4. The number of nitrogens with zero attached hydrogens (tertiary/aromatic N) is 2. The largest absolute Gasteiger partial charge is 0.480 e. The second kappa shape index (κ2) is 15.2. The summed E-state index contributed by atoms with van der Waals surface area (Å²) in [5, 5.41) is 12.4. The molecule has 2 N–H and O–H groups in total. The molecule has 2 aromatic rings. The number of carboxylic acids is 1. The molecule has 0 saturated carbocycles. The standard InChI is InChI=1S/C32H41N3O6S/c36-27(12-4-1-3-10-26-11-7-8-20-33-26)22-24-16-18-25(19-17-24)23-29(32(38)39)34-31(37)30-15-9-21-35(30)42(40,41)28-13-5-2-6-14-28/h2,5-6,13-14,16-19,29-30H,1,3-4,7-12,15,20-23H2,(H,34,37)(H,38,39)/t29-,30?/m0/s1. The number of Topliss-reactive ketones (excluding diaryl/α,β-unsaturated/α-hetero) is 1. The number of rotatable bonds is 15. The molecule has 2 aromatic carbocycles. The molecule has 42 heavy (non-hydrogen) atoms. The fraction of sp³-hybridized carbons (Fsp3) is 0.500. The van der Waals surface area contributed by atoms with Gasteiger partial charge < -0.3 is 10.4 Å². The summed E-state index contributed by atoms with van der Waals surface area (Å²) in [6, 6.07) is 12.9. The highest BCUT2D eigenvalue weighted by Crippen LogP contribution is 2.26. The molecule has 2 heterocycles. The Hall–Kier alpha value is -3.37. The molecule has 10 heteroatoms. The summed E-state index contributed by atoms with van der Waals surface area (Å²) < 4.78 is 27.4. The quantitative estimate of drug-likeness (QED) is 0.294. The summed E-state index contributed by atoms with van der Waals surface area (Å²) in [5.74, 6) is -1.64. The predicted octanol–water partition coefficient (Wildman–Crippen LogP) is 4.34. The molecule has 1 amide bonds. The van der Waals surface area contributed by atoms with E-state index >= 15 is 0 Å². The molecule has 1 unspecified atom stereocenters. The van der Waals surface area contributed by atoms with Crippen LogP contribution in [0.1, 0.15) is 75.3 Å². The SMILES string of the molecule is O=C(CCCCCC1=NCCCC1)Cc1ccc(C[C@H](NC(=O)C2CCCN2S(=O)(=O)c2ccccc2)C(=O)O)cc1. The first-order chi connectivity index (χ1) is 20.2. The van der Waals surface area contributed by atoms with E-state index in [0.29, 0.717) is 31.2 Å². The van der Waals surface area contributed by atoms with Crippen LogP contribution in [-0.4, -0.2) is 66.4 Å². The van der Waals surface area contributed by atoms with Gasteiger partial charge in [-0.05, 0) is 74.6 Å². The number of benzene rings is 2. The van der Waals surface area contributed by atoms with Gasteiger partial charge in [-0.3, -0.25) is 14.6 Å². The molecule has 0 radical (unpaired) electrons. The first-order valence-electron chi connectivity index (χ1n) is 15.0. The number of ketones is 1. The van der Waals surface area contributed by atoms with Gasteiger partial charge in [0.25, 0.3) is 0 Å². The maximum Gasteiger partial charge on any atom is 0.326 e. The summed E-state index contributed by atoms with van der Waals surface area (Å²) in [7, 11) is -3.88. The Balaban J connectivity index is 1.25. The van der Waals surface area contributed by atoms with E-state index in [1.54, 1.807) is 30.3 Å². The van der Waals surface area contributed by atoms with Crippen molar-refractivity contribution in [2.75, 3.05) is 13.1 Å². The van der Waals surface area contributed by atoms with Crippen molar-refractivity contribution in [3.8, 4) is 0 Å². The summed E-state index contributed by atoms with van der Waals surface area (Å²) in [4.78, 5) is 42.3. The van der Waals surface area contributed by atoms with E-state index in [0.717, 1.165) is 48.5 Å². The van der Waals surface area contributed by atoms with Gasteiger partial charge >= 0.3 is 5.97 Å². The average Bonchev–Trinajstić information content (AvgIpc) is 3.50. The van der Waals surface area contributed by atoms with Gasteiger partial charge in [0.1, 0.15) is 17.9 Å². The van der Waals surface area contributed by atoms with E-state index in [4.69, 9.17) is 0 Å². The third-order valence-corrected chi connectivity index (χ3v) is 9.89. The number of aliphatic imine (C=N–C) groups is 1. The third-order valence-electron chi connectivity index (χ3n) is 7.96. The molecule has 4 rings (SSSR count). The third kappa shape index (κ3) is 8.82. The normalized spacial score (nSPS) is 18.3. The molecule has 226 valence electrons. The highest BCUT2D eigenvalue weighted by molar-refractivity contribution is 7.89. The first kappa shape index (κ1) is 31.6. The van der Waals surface area contributed by atoms with Crippen LogP contribution < -0.4 is 5.32 Å². The molecule has 0 aliphatic carbocycles. The predicted molar refractivity (Wildman–Crippen MR) is 161 cm³/mol. The molecule has 9 nitrogen and oxygen atoms in total. The fourth-order valence-electron chi connectivity index (χ4n) is 5.62. The van der Waals surface area contributed by atoms with Crippen molar-refractivity contribution in [2.45, 2.75) is 94.0 Å². The molecule has 0 spiro atoms. The van der Waals surface area contributed by atoms with E-state index in [-0.39, 0.29) is 23.6 Å². The maximum absolute atomic E-state index is 13.1. The van der Waals surface area contributed by atoms with Crippen molar-refractivity contribution in [1.29, 1.82) is 0 Å². The molecule has 0 aromatic heterocycles. The Labute approximate surface area is 248 Å². The summed E-state index contributed by atoms with van der Waals surface area (Å²) in [6.07, 6.45) is 9.30. The van der Waals surface area contributed by atoms with Gasteiger partial charge in [-0.2, -0.15) is 4.31 Å². The number of unbranched alkanes of at least 4 members (excludes halogenated alkanes) is 2. The monoisotopic (exact) mass is 595 g/mol. The smallest absolute Gasteiger partial charge is 0.326 e. The van der Waals surface area contributed by atoms with Crippen LogP contribution in [0.25, 0.3) is 0 Å². The summed E-state index contributed by atoms with van der Waals surface area (Å²) in [5.41, 5.74) is 2.89. The van der Waals surface area contributed by atoms with Crippen molar-refractivity contribution in [1.82, 2.24) is 9.62 Å². The number of sulfonamides is 1. The molecular weight excluding hydrogens is 554 g/mol. The number of aliphatic carboxylic acids is 1. The Kier molecular flexibility index (Phi) is 11.4. The number of hydrogen-bond acceptors (Lipinski definition) is 6. The average molecular weight is 596 g/mol. The second-order valence-electron chi connectivity index (χ2n) is 11.2. The Bertz CT molecular complexity index is 1360. The van der Waals surface area contributed by atoms with Crippen LogP contribution in [0, 0.1) is 0 Å². The van der Waals surface area contributed by atoms with E-state index in [1.807, 2.05) is 12.1 Å². The molecular formula is C32H41N3O6S. The molecule has 0 bridgehead atoms. The zero-order chi connectivity index (χ0) is 30.0. The van der Waals surface area contributed by atoms with Crippen LogP contribution in [-0.2, 0) is 37.2 Å². The molecule has 1 fully saturated rings. The lowest BCUT2D eigenvalue weighted by Gasteiger charge is -2.25. The number of carbonyl (C=O) groups is 3. The van der Waals surface area contributed by atoms with Crippen LogP contribution in [0.4, 0.5) is 0 Å². The van der Waals surface area contributed by atoms with Crippen LogP contribution >= 0.6 is 0 Å². The van der Waals surface area contributed by atoms with Crippen molar-refractivity contribution in [3.63, 3.8) is 0 Å². The molecule has 2 aliphatic rings. The van der Waals surface area contributed by atoms with Crippen molar-refractivity contribution >= 4 is 33.4 Å². The minimum Gasteiger partial charge on any atom is -0.480 e. The van der Waals surface area contributed by atoms with Crippen molar-refractivity contribution < 1.29 is 27.9 Å². The number of carbonyl (C=O) groups excluding carboxylic acids is 2. The lowest BCUT2D eigenvalue weighted by molar-refractivity contribution is -0.142. The van der Waals surface area contributed by atoms with E-state index in [2.05, 4.69) is 10.3 Å². The Morgan fingerprint density at radius 2 is 1.69 bits per heavy atom. The van der Waals surface area contributed by atoms with E-state index in [1.165, 1.54) is 30.7 Å². The molecule has 2 atom stereocenters. The van der Waals surface area contributed by atoms with Gasteiger partial charge in [-0.1, -0.05) is 48.9 Å². The lowest BCUT2D eigenvalue weighted by atomic mass is 9.99.